The molecule has 1 nitrogen and oxygen atoms in total. The molecule has 0 saturated heterocycles. The van der Waals surface area contributed by atoms with Gasteiger partial charge in [0.25, 0.3) is 0 Å². The lowest BCUT2D eigenvalue weighted by Crippen LogP contribution is -2.06. The van der Waals surface area contributed by atoms with Gasteiger partial charge in [-0.05, 0) is 31.5 Å². The molecule has 0 spiro atoms. The summed E-state index contributed by atoms with van der Waals surface area (Å²) in [5.74, 6) is -2.03. The molecule has 0 amide bonds. The second-order valence-electron chi connectivity index (χ2n) is 4.14. The Hall–Kier alpha value is -1.55. The number of carbonyl (C=O) groups is 1. The number of hydrogen-bond donors (Lipinski definition) is 0. The topological polar surface area (TPSA) is 17.1 Å². The van der Waals surface area contributed by atoms with Crippen LogP contribution >= 0.6 is 11.3 Å². The molecule has 2 rings (SSSR count). The van der Waals surface area contributed by atoms with E-state index >= 15 is 0 Å². The smallest absolute Gasteiger partial charge is 0.168 e. The predicted molar refractivity (Wildman–Crippen MR) is 68.2 cm³/mol. The second kappa shape index (κ2) is 4.98. The van der Waals surface area contributed by atoms with Crippen molar-refractivity contribution in [3.8, 4) is 0 Å². The number of ketones is 1. The number of benzene rings is 1. The molecular weight excluding hydrogens is 254 g/mol. The molecule has 18 heavy (non-hydrogen) atoms. The Morgan fingerprint density at radius 1 is 1.28 bits per heavy atom. The van der Waals surface area contributed by atoms with E-state index in [1.54, 1.807) is 6.07 Å². The van der Waals surface area contributed by atoms with Gasteiger partial charge in [0, 0.05) is 21.7 Å². The summed E-state index contributed by atoms with van der Waals surface area (Å²) < 4.78 is 26.5. The summed E-state index contributed by atoms with van der Waals surface area (Å²) in [5.41, 5.74) is 0.699. The van der Waals surface area contributed by atoms with E-state index in [-0.39, 0.29) is 17.8 Å². The molecule has 0 aliphatic rings. The predicted octanol–water partition coefficient (Wildman–Crippen LogP) is 4.07. The zero-order valence-corrected chi connectivity index (χ0v) is 10.9. The van der Waals surface area contributed by atoms with Crippen LogP contribution in [0.4, 0.5) is 8.78 Å². The molecule has 2 aromatic rings. The molecule has 0 aliphatic carbocycles. The third-order valence-corrected chi connectivity index (χ3v) is 3.69. The van der Waals surface area contributed by atoms with Gasteiger partial charge in [-0.1, -0.05) is 12.1 Å². The van der Waals surface area contributed by atoms with Crippen LogP contribution in [0.3, 0.4) is 0 Å². The van der Waals surface area contributed by atoms with Gasteiger partial charge in [0.15, 0.2) is 17.4 Å². The normalized spacial score (nSPS) is 10.7. The fraction of sp³-hybridized carbons (Fsp3) is 0.214. The van der Waals surface area contributed by atoms with E-state index in [1.165, 1.54) is 23.5 Å². The highest BCUT2D eigenvalue weighted by atomic mass is 32.1. The minimum Gasteiger partial charge on any atom is -0.294 e. The molecule has 94 valence electrons. The molecule has 1 heterocycles. The summed E-state index contributed by atoms with van der Waals surface area (Å²) in [4.78, 5) is 14.0. The Morgan fingerprint density at radius 3 is 2.61 bits per heavy atom. The van der Waals surface area contributed by atoms with Crippen molar-refractivity contribution in [3.05, 3.63) is 56.8 Å². The van der Waals surface area contributed by atoms with Crippen molar-refractivity contribution < 1.29 is 13.6 Å². The van der Waals surface area contributed by atoms with Crippen LogP contribution < -0.4 is 0 Å². The molecule has 0 radical (unpaired) electrons. The number of rotatable bonds is 3. The molecule has 0 unspecified atom stereocenters. The second-order valence-corrected chi connectivity index (χ2v) is 5.60. The Kier molecular flexibility index (Phi) is 3.57. The van der Waals surface area contributed by atoms with Crippen molar-refractivity contribution in [2.24, 2.45) is 0 Å². The van der Waals surface area contributed by atoms with Crippen LogP contribution in [-0.4, -0.2) is 5.78 Å². The number of carbonyl (C=O) groups excluding carboxylic acids is 1. The molecule has 0 bridgehead atoms. The Balaban J connectivity index is 2.27. The van der Waals surface area contributed by atoms with E-state index in [9.17, 15) is 13.6 Å². The van der Waals surface area contributed by atoms with Crippen molar-refractivity contribution in [3.63, 3.8) is 0 Å². The Labute approximate surface area is 108 Å². The van der Waals surface area contributed by atoms with Crippen LogP contribution in [0.15, 0.2) is 24.3 Å². The lowest BCUT2D eigenvalue weighted by Gasteiger charge is -2.03. The highest BCUT2D eigenvalue weighted by molar-refractivity contribution is 7.12. The van der Waals surface area contributed by atoms with Crippen LogP contribution in [0.5, 0.6) is 0 Å². The summed E-state index contributed by atoms with van der Waals surface area (Å²) in [7, 11) is 0. The Bertz CT molecular complexity index is 602. The first-order chi connectivity index (χ1) is 8.49. The lowest BCUT2D eigenvalue weighted by atomic mass is 10.0. The molecule has 0 saturated carbocycles. The van der Waals surface area contributed by atoms with Gasteiger partial charge in [-0.25, -0.2) is 8.78 Å². The van der Waals surface area contributed by atoms with Crippen molar-refractivity contribution >= 4 is 17.1 Å². The van der Waals surface area contributed by atoms with Crippen molar-refractivity contribution in [2.45, 2.75) is 20.3 Å². The van der Waals surface area contributed by atoms with E-state index in [4.69, 9.17) is 0 Å². The zero-order valence-electron chi connectivity index (χ0n) is 10.1. The first-order valence-corrected chi connectivity index (χ1v) is 6.34. The number of aryl methyl sites for hydroxylation is 2. The summed E-state index contributed by atoms with van der Waals surface area (Å²) in [6.07, 6.45) is -0.111. The van der Waals surface area contributed by atoms with Gasteiger partial charge < -0.3 is 0 Å². The molecule has 0 atom stereocenters. The quantitative estimate of drug-likeness (QED) is 0.765. The maximum atomic E-state index is 13.5. The first kappa shape index (κ1) is 12.9. The first-order valence-electron chi connectivity index (χ1n) is 5.52. The van der Waals surface area contributed by atoms with Gasteiger partial charge in [0.1, 0.15) is 0 Å². The van der Waals surface area contributed by atoms with Crippen LogP contribution in [0.2, 0.25) is 0 Å². The fourth-order valence-electron chi connectivity index (χ4n) is 1.86. The van der Waals surface area contributed by atoms with Crippen LogP contribution in [-0.2, 0) is 6.42 Å². The minimum absolute atomic E-state index is 0.100. The van der Waals surface area contributed by atoms with Gasteiger partial charge in [-0.3, -0.25) is 4.79 Å². The average molecular weight is 266 g/mol. The molecular formula is C14H12F2OS. The van der Waals surface area contributed by atoms with Gasteiger partial charge >= 0.3 is 0 Å². The summed E-state index contributed by atoms with van der Waals surface area (Å²) in [6.45, 7) is 3.77. The summed E-state index contributed by atoms with van der Waals surface area (Å²) >= 11 is 1.53. The largest absolute Gasteiger partial charge is 0.294 e. The van der Waals surface area contributed by atoms with E-state index in [2.05, 4.69) is 0 Å². The number of halogens is 2. The molecule has 0 aliphatic heterocycles. The summed E-state index contributed by atoms with van der Waals surface area (Å²) in [6, 6.07) is 5.68. The number of hydrogen-bond acceptors (Lipinski definition) is 2. The lowest BCUT2D eigenvalue weighted by molar-refractivity contribution is 0.0991. The highest BCUT2D eigenvalue weighted by Crippen LogP contribution is 2.23. The minimum atomic E-state index is -0.935. The van der Waals surface area contributed by atoms with Crippen LogP contribution in [0, 0.1) is 25.5 Å². The maximum absolute atomic E-state index is 13.5. The molecule has 4 heteroatoms. The monoisotopic (exact) mass is 266 g/mol. The Morgan fingerprint density at radius 2 is 2.00 bits per heavy atom. The van der Waals surface area contributed by atoms with Crippen molar-refractivity contribution in [1.29, 1.82) is 0 Å². The van der Waals surface area contributed by atoms with Crippen LogP contribution in [0.25, 0.3) is 0 Å². The number of thiophene rings is 1. The summed E-state index contributed by atoms with van der Waals surface area (Å²) in [5, 5.41) is 0. The van der Waals surface area contributed by atoms with Crippen molar-refractivity contribution in [1.82, 2.24) is 0 Å². The van der Waals surface area contributed by atoms with E-state index < -0.39 is 11.6 Å². The SMILES string of the molecule is Cc1cc(C(=O)Cc2cccc(F)c2F)c(C)s1. The zero-order chi connectivity index (χ0) is 13.3. The van der Waals surface area contributed by atoms with Gasteiger partial charge in [0.2, 0.25) is 0 Å². The third kappa shape index (κ3) is 2.48. The molecule has 1 aromatic carbocycles. The molecule has 0 N–H and O–H groups in total. The third-order valence-electron chi connectivity index (χ3n) is 2.72. The van der Waals surface area contributed by atoms with Gasteiger partial charge in [-0.15, -0.1) is 11.3 Å². The van der Waals surface area contributed by atoms with E-state index in [0.717, 1.165) is 15.8 Å². The standard InChI is InChI=1S/C14H12F2OS/c1-8-6-11(9(2)18-8)13(17)7-10-4-3-5-12(15)14(10)16/h3-6H,7H2,1-2H3. The fourth-order valence-corrected chi connectivity index (χ4v) is 2.80. The van der Waals surface area contributed by atoms with Crippen LogP contribution in [0.1, 0.15) is 25.7 Å². The molecule has 1 aromatic heterocycles. The highest BCUT2D eigenvalue weighted by Gasteiger charge is 2.16. The van der Waals surface area contributed by atoms with Gasteiger partial charge in [0.05, 0.1) is 0 Å². The number of Topliss-reactive ketones (excluding diaryl/α,β-unsaturated/α-hetero) is 1. The average Bonchev–Trinajstić information content (AvgIpc) is 2.64. The van der Waals surface area contributed by atoms with E-state index in [0.29, 0.717) is 5.56 Å². The molecule has 0 fully saturated rings. The van der Waals surface area contributed by atoms with Gasteiger partial charge in [-0.2, -0.15) is 0 Å². The van der Waals surface area contributed by atoms with E-state index in [1.807, 2.05) is 13.8 Å². The maximum Gasteiger partial charge on any atom is 0.168 e. The van der Waals surface area contributed by atoms with Crippen molar-refractivity contribution in [2.75, 3.05) is 0 Å².